The first-order chi connectivity index (χ1) is 12.3. The van der Waals surface area contributed by atoms with Gasteiger partial charge in [0.05, 0.1) is 10.7 Å². The number of carboxylic acid groups (broad SMARTS) is 1. The molecule has 11 heteroatoms. The Morgan fingerprint density at radius 2 is 2.12 bits per heavy atom. The summed E-state index contributed by atoms with van der Waals surface area (Å²) in [7, 11) is 0. The average Bonchev–Trinajstić information content (AvgIpc) is 3.06. The van der Waals surface area contributed by atoms with Crippen molar-refractivity contribution in [3.05, 3.63) is 33.9 Å². The molecule has 138 valence electrons. The number of aliphatic carboxylic acids is 1. The molecule has 1 amide bonds. The zero-order valence-corrected chi connectivity index (χ0v) is 14.9. The highest BCUT2D eigenvalue weighted by Crippen LogP contribution is 2.25. The van der Waals surface area contributed by atoms with Gasteiger partial charge in [-0.2, -0.15) is 0 Å². The number of aromatic amines is 1. The van der Waals surface area contributed by atoms with E-state index in [1.54, 1.807) is 0 Å². The van der Waals surface area contributed by atoms with E-state index < -0.39 is 16.8 Å². The molecule has 1 aromatic carbocycles. The molecule has 0 saturated heterocycles. The number of rotatable bonds is 8. The van der Waals surface area contributed by atoms with Crippen LogP contribution in [-0.4, -0.2) is 49.4 Å². The Labute approximate surface area is 152 Å². The molecule has 26 heavy (non-hydrogen) atoms. The van der Waals surface area contributed by atoms with Crippen LogP contribution in [0.25, 0.3) is 11.4 Å². The van der Waals surface area contributed by atoms with Crippen molar-refractivity contribution in [2.24, 2.45) is 5.92 Å². The number of benzene rings is 1. The molecule has 0 unspecified atom stereocenters. The molecule has 0 bridgehead atoms. The Hall–Kier alpha value is -2.95. The summed E-state index contributed by atoms with van der Waals surface area (Å²) in [4.78, 5) is 37.5. The molecule has 1 aromatic heterocycles. The summed E-state index contributed by atoms with van der Waals surface area (Å²) in [6.45, 7) is 4.31. The van der Waals surface area contributed by atoms with E-state index in [0.29, 0.717) is 12.1 Å². The summed E-state index contributed by atoms with van der Waals surface area (Å²) in [6.07, 6.45) is 0. The molecule has 0 aliphatic heterocycles. The fourth-order valence-electron chi connectivity index (χ4n) is 1.95. The minimum atomic E-state index is -1.01. The minimum Gasteiger partial charge on any atom is -0.481 e. The first kappa shape index (κ1) is 19.4. The lowest BCUT2D eigenvalue weighted by molar-refractivity contribution is -0.384. The Bertz CT molecular complexity index is 836. The van der Waals surface area contributed by atoms with Gasteiger partial charge in [0, 0.05) is 29.8 Å². The fourth-order valence-corrected chi connectivity index (χ4v) is 2.47. The number of H-pyrrole nitrogens is 1. The van der Waals surface area contributed by atoms with Gasteiger partial charge in [-0.25, -0.2) is 4.98 Å². The SMILES string of the molecule is CC(C)CNC(=O)c1cc(-c2nc(SCC(=O)O)n[nH]2)cc([N+](=O)[O-])c1. The first-order valence-corrected chi connectivity index (χ1v) is 8.60. The monoisotopic (exact) mass is 379 g/mol. The van der Waals surface area contributed by atoms with Gasteiger partial charge in [0.15, 0.2) is 5.82 Å². The lowest BCUT2D eigenvalue weighted by atomic mass is 10.1. The number of thioether (sulfide) groups is 1. The summed E-state index contributed by atoms with van der Waals surface area (Å²) in [5.41, 5.74) is 0.183. The number of nitrogens with zero attached hydrogens (tertiary/aromatic N) is 3. The van der Waals surface area contributed by atoms with Crippen LogP contribution >= 0.6 is 11.8 Å². The number of nitro groups is 1. The predicted octanol–water partition coefficient (Wildman–Crippen LogP) is 1.94. The number of amides is 1. The second kappa shape index (κ2) is 8.43. The minimum absolute atomic E-state index is 0.131. The molecule has 0 spiro atoms. The van der Waals surface area contributed by atoms with Crippen LogP contribution in [-0.2, 0) is 4.79 Å². The highest BCUT2D eigenvalue weighted by molar-refractivity contribution is 7.99. The van der Waals surface area contributed by atoms with Crippen LogP contribution in [0.5, 0.6) is 0 Å². The summed E-state index contributed by atoms with van der Waals surface area (Å²) in [5.74, 6) is -1.21. The maximum Gasteiger partial charge on any atom is 0.313 e. The highest BCUT2D eigenvalue weighted by atomic mass is 32.2. The third-order valence-electron chi connectivity index (χ3n) is 3.12. The second-order valence-electron chi connectivity index (χ2n) is 5.78. The van der Waals surface area contributed by atoms with Gasteiger partial charge in [-0.05, 0) is 12.0 Å². The topological polar surface area (TPSA) is 151 Å². The normalized spacial score (nSPS) is 10.7. The number of carboxylic acids is 1. The van der Waals surface area contributed by atoms with Crippen molar-refractivity contribution in [2.45, 2.75) is 19.0 Å². The zero-order chi connectivity index (χ0) is 19.3. The van der Waals surface area contributed by atoms with Gasteiger partial charge < -0.3 is 10.4 Å². The van der Waals surface area contributed by atoms with Gasteiger partial charge in [-0.15, -0.1) is 5.10 Å². The van der Waals surface area contributed by atoms with Crippen LogP contribution < -0.4 is 5.32 Å². The Balaban J connectivity index is 2.31. The fraction of sp³-hybridized carbons (Fsp3) is 0.333. The lowest BCUT2D eigenvalue weighted by Crippen LogP contribution is -2.27. The zero-order valence-electron chi connectivity index (χ0n) is 14.1. The molecule has 3 N–H and O–H groups in total. The van der Waals surface area contributed by atoms with Crippen molar-refractivity contribution in [1.29, 1.82) is 0 Å². The number of hydrogen-bond acceptors (Lipinski definition) is 7. The number of non-ortho nitro benzene ring substituents is 1. The summed E-state index contributed by atoms with van der Waals surface area (Å²) >= 11 is 0.910. The largest absolute Gasteiger partial charge is 0.481 e. The van der Waals surface area contributed by atoms with Crippen molar-refractivity contribution in [3.8, 4) is 11.4 Å². The Morgan fingerprint density at radius 3 is 2.73 bits per heavy atom. The van der Waals surface area contributed by atoms with Crippen LogP contribution in [0, 0.1) is 16.0 Å². The van der Waals surface area contributed by atoms with Gasteiger partial charge in [-0.1, -0.05) is 25.6 Å². The highest BCUT2D eigenvalue weighted by Gasteiger charge is 2.17. The average molecular weight is 379 g/mol. The van der Waals surface area contributed by atoms with Crippen LogP contribution in [0.3, 0.4) is 0 Å². The maximum absolute atomic E-state index is 12.2. The Morgan fingerprint density at radius 1 is 1.38 bits per heavy atom. The van der Waals surface area contributed by atoms with Crippen molar-refractivity contribution in [2.75, 3.05) is 12.3 Å². The van der Waals surface area contributed by atoms with E-state index in [9.17, 15) is 19.7 Å². The molecule has 0 aliphatic carbocycles. The molecule has 0 radical (unpaired) electrons. The Kier molecular flexibility index (Phi) is 6.28. The molecule has 0 atom stereocenters. The van der Waals surface area contributed by atoms with E-state index in [1.165, 1.54) is 18.2 Å². The molecular formula is C15H17N5O5S. The van der Waals surface area contributed by atoms with E-state index in [4.69, 9.17) is 5.11 Å². The van der Waals surface area contributed by atoms with Gasteiger partial charge in [0.25, 0.3) is 11.6 Å². The molecule has 2 aromatic rings. The third-order valence-corrected chi connectivity index (χ3v) is 3.96. The maximum atomic E-state index is 12.2. The number of carbonyl (C=O) groups excluding carboxylic acids is 1. The van der Waals surface area contributed by atoms with Crippen molar-refractivity contribution < 1.29 is 19.6 Å². The summed E-state index contributed by atoms with van der Waals surface area (Å²) in [6, 6.07) is 3.93. The van der Waals surface area contributed by atoms with Crippen molar-refractivity contribution >= 4 is 29.3 Å². The quantitative estimate of drug-likeness (QED) is 0.357. The van der Waals surface area contributed by atoms with Gasteiger partial charge in [-0.3, -0.25) is 24.8 Å². The van der Waals surface area contributed by atoms with E-state index in [1.807, 2.05) is 13.8 Å². The van der Waals surface area contributed by atoms with Crippen LogP contribution in [0.1, 0.15) is 24.2 Å². The van der Waals surface area contributed by atoms with E-state index >= 15 is 0 Å². The summed E-state index contributed by atoms with van der Waals surface area (Å²) in [5, 5.41) is 29.2. The standard InChI is InChI=1S/C15H17N5O5S/c1-8(2)6-16-14(23)10-3-9(4-11(5-10)20(24)25)13-17-15(19-18-13)26-7-12(21)22/h3-5,8H,6-7H2,1-2H3,(H,16,23)(H,21,22)(H,17,18,19). The summed E-state index contributed by atoms with van der Waals surface area (Å²) < 4.78 is 0. The van der Waals surface area contributed by atoms with Crippen molar-refractivity contribution in [3.63, 3.8) is 0 Å². The van der Waals surface area contributed by atoms with E-state index in [0.717, 1.165) is 11.8 Å². The molecule has 10 nitrogen and oxygen atoms in total. The number of carbonyl (C=O) groups is 2. The molecule has 0 aliphatic rings. The first-order valence-electron chi connectivity index (χ1n) is 7.61. The van der Waals surface area contributed by atoms with Crippen LogP contribution in [0.15, 0.2) is 23.4 Å². The molecule has 1 heterocycles. The van der Waals surface area contributed by atoms with Gasteiger partial charge in [0.1, 0.15) is 0 Å². The number of aromatic nitrogens is 3. The molecule has 2 rings (SSSR count). The number of hydrogen-bond donors (Lipinski definition) is 3. The second-order valence-corrected chi connectivity index (χ2v) is 6.72. The third kappa shape index (κ3) is 5.28. The predicted molar refractivity (Wildman–Crippen MR) is 94.0 cm³/mol. The van der Waals surface area contributed by atoms with Crippen LogP contribution in [0.2, 0.25) is 0 Å². The molecule has 0 saturated carbocycles. The van der Waals surface area contributed by atoms with Gasteiger partial charge >= 0.3 is 5.97 Å². The van der Waals surface area contributed by atoms with Gasteiger partial charge in [0.2, 0.25) is 5.16 Å². The number of nitrogens with one attached hydrogen (secondary N) is 2. The van der Waals surface area contributed by atoms with Crippen molar-refractivity contribution in [1.82, 2.24) is 20.5 Å². The van der Waals surface area contributed by atoms with E-state index in [-0.39, 0.29) is 33.9 Å². The number of nitro benzene ring substituents is 1. The van der Waals surface area contributed by atoms with Crippen LogP contribution in [0.4, 0.5) is 5.69 Å². The lowest BCUT2D eigenvalue weighted by Gasteiger charge is -2.08. The smallest absolute Gasteiger partial charge is 0.313 e. The van der Waals surface area contributed by atoms with E-state index in [2.05, 4.69) is 20.5 Å². The molecular weight excluding hydrogens is 362 g/mol. The molecule has 0 fully saturated rings.